The zero-order valence-electron chi connectivity index (χ0n) is 11.8. The van der Waals surface area contributed by atoms with E-state index in [0.717, 1.165) is 24.5 Å². The molecule has 1 amide bonds. The Labute approximate surface area is 146 Å². The smallest absolute Gasteiger partial charge is 0.238 e. The Bertz CT molecular complexity index is 412. The maximum absolute atomic E-state index is 12.0. The van der Waals surface area contributed by atoms with Crippen LogP contribution in [0.5, 0.6) is 0 Å². The van der Waals surface area contributed by atoms with E-state index in [2.05, 4.69) is 21.9 Å². The fraction of sp³-hybridized carbons (Fsp3) is 0.538. The van der Waals surface area contributed by atoms with E-state index in [1.165, 1.54) is 5.56 Å². The van der Waals surface area contributed by atoms with Gasteiger partial charge < -0.3 is 5.32 Å². The molecule has 1 aliphatic rings. The molecule has 1 saturated heterocycles. The number of pyridine rings is 1. The van der Waals surface area contributed by atoms with Crippen LogP contribution in [0, 0.1) is 0 Å². The molecule has 120 valence electrons. The van der Waals surface area contributed by atoms with Crippen LogP contribution in [0.1, 0.15) is 17.4 Å². The standard InChI is InChI=1S/C13H19N3OS2.2ClH/c1-18-8-2-5-15-12(17)11-9-19-13(16-11)10-3-6-14-7-4-10;;/h3-4,6-7,11,13,16H,2,5,8-9H2,1H3,(H,15,17);2*1H. The van der Waals surface area contributed by atoms with Crippen molar-refractivity contribution in [2.24, 2.45) is 0 Å². The van der Waals surface area contributed by atoms with E-state index >= 15 is 0 Å². The van der Waals surface area contributed by atoms with Crippen LogP contribution in [0.3, 0.4) is 0 Å². The summed E-state index contributed by atoms with van der Waals surface area (Å²) in [5.74, 6) is 2.03. The Morgan fingerprint density at radius 3 is 2.86 bits per heavy atom. The average molecular weight is 370 g/mol. The van der Waals surface area contributed by atoms with Crippen LogP contribution in [-0.2, 0) is 4.79 Å². The molecular weight excluding hydrogens is 349 g/mol. The molecule has 2 N–H and O–H groups in total. The van der Waals surface area contributed by atoms with E-state index in [1.807, 2.05) is 12.1 Å². The van der Waals surface area contributed by atoms with E-state index < -0.39 is 0 Å². The lowest BCUT2D eigenvalue weighted by Gasteiger charge is -2.13. The molecule has 2 heterocycles. The van der Waals surface area contributed by atoms with Crippen molar-refractivity contribution >= 4 is 54.2 Å². The first-order valence-electron chi connectivity index (χ1n) is 6.35. The van der Waals surface area contributed by atoms with Crippen molar-refractivity contribution in [3.8, 4) is 0 Å². The Kier molecular flexibility index (Phi) is 11.4. The van der Waals surface area contributed by atoms with Gasteiger partial charge in [-0.25, -0.2) is 0 Å². The largest absolute Gasteiger partial charge is 0.355 e. The first-order valence-corrected chi connectivity index (χ1v) is 8.79. The maximum atomic E-state index is 12.0. The van der Waals surface area contributed by atoms with Gasteiger partial charge >= 0.3 is 0 Å². The summed E-state index contributed by atoms with van der Waals surface area (Å²) in [6.45, 7) is 0.766. The van der Waals surface area contributed by atoms with Crippen LogP contribution in [0.2, 0.25) is 0 Å². The molecule has 0 aromatic carbocycles. The van der Waals surface area contributed by atoms with Gasteiger partial charge in [0.2, 0.25) is 5.91 Å². The SMILES string of the molecule is CSCCCNC(=O)C1CSC(c2ccncc2)N1.Cl.Cl. The molecule has 2 atom stereocenters. The quantitative estimate of drug-likeness (QED) is 0.754. The number of carbonyl (C=O) groups excluding carboxylic acids is 1. The van der Waals surface area contributed by atoms with E-state index in [0.29, 0.717) is 0 Å². The third-order valence-corrected chi connectivity index (χ3v) is 4.90. The second-order valence-corrected chi connectivity index (χ2v) is 6.47. The zero-order chi connectivity index (χ0) is 13.5. The highest BCUT2D eigenvalue weighted by atomic mass is 35.5. The van der Waals surface area contributed by atoms with E-state index in [1.54, 1.807) is 35.9 Å². The number of thioether (sulfide) groups is 2. The molecule has 2 rings (SSSR count). The minimum absolute atomic E-state index is 0. The number of hydrogen-bond donors (Lipinski definition) is 2. The number of hydrogen-bond acceptors (Lipinski definition) is 5. The third kappa shape index (κ3) is 6.65. The fourth-order valence-corrected chi connectivity index (χ4v) is 3.58. The van der Waals surface area contributed by atoms with Gasteiger partial charge in [-0.2, -0.15) is 11.8 Å². The summed E-state index contributed by atoms with van der Waals surface area (Å²) in [6.07, 6.45) is 6.68. The van der Waals surface area contributed by atoms with Crippen molar-refractivity contribution in [3.05, 3.63) is 30.1 Å². The van der Waals surface area contributed by atoms with Crippen LogP contribution >= 0.6 is 48.3 Å². The highest BCUT2D eigenvalue weighted by Crippen LogP contribution is 2.32. The predicted octanol–water partition coefficient (Wildman–Crippen LogP) is 2.50. The Morgan fingerprint density at radius 2 is 2.19 bits per heavy atom. The van der Waals surface area contributed by atoms with Crippen molar-refractivity contribution in [1.82, 2.24) is 15.6 Å². The van der Waals surface area contributed by atoms with Crippen molar-refractivity contribution in [3.63, 3.8) is 0 Å². The molecule has 0 spiro atoms. The summed E-state index contributed by atoms with van der Waals surface area (Å²) in [4.78, 5) is 16.0. The van der Waals surface area contributed by atoms with Gasteiger partial charge in [-0.1, -0.05) is 0 Å². The van der Waals surface area contributed by atoms with Gasteiger partial charge in [-0.3, -0.25) is 15.1 Å². The molecule has 2 unspecified atom stereocenters. The van der Waals surface area contributed by atoms with Gasteiger partial charge in [0, 0.05) is 24.7 Å². The molecule has 1 aromatic heterocycles. The van der Waals surface area contributed by atoms with E-state index in [4.69, 9.17) is 0 Å². The highest BCUT2D eigenvalue weighted by molar-refractivity contribution is 7.99. The summed E-state index contributed by atoms with van der Waals surface area (Å²) in [5.41, 5.74) is 1.18. The van der Waals surface area contributed by atoms with Crippen LogP contribution in [0.4, 0.5) is 0 Å². The number of amides is 1. The molecule has 4 nitrogen and oxygen atoms in total. The summed E-state index contributed by atoms with van der Waals surface area (Å²) in [6, 6.07) is 3.89. The molecule has 1 aliphatic heterocycles. The lowest BCUT2D eigenvalue weighted by molar-refractivity contribution is -0.122. The Morgan fingerprint density at radius 1 is 1.48 bits per heavy atom. The first kappa shape index (κ1) is 20.9. The number of rotatable bonds is 6. The third-order valence-electron chi connectivity index (χ3n) is 2.93. The van der Waals surface area contributed by atoms with Gasteiger partial charge in [0.15, 0.2) is 0 Å². The second kappa shape index (κ2) is 11.4. The lowest BCUT2D eigenvalue weighted by Crippen LogP contribution is -2.42. The van der Waals surface area contributed by atoms with Crippen LogP contribution in [0.15, 0.2) is 24.5 Å². The highest BCUT2D eigenvalue weighted by Gasteiger charge is 2.30. The number of nitrogens with one attached hydrogen (secondary N) is 2. The van der Waals surface area contributed by atoms with Crippen molar-refractivity contribution < 1.29 is 4.79 Å². The number of nitrogens with zero attached hydrogens (tertiary/aromatic N) is 1. The molecule has 1 aromatic rings. The van der Waals surface area contributed by atoms with Gasteiger partial charge in [-0.15, -0.1) is 36.6 Å². The summed E-state index contributed by atoms with van der Waals surface area (Å²) in [7, 11) is 0. The minimum atomic E-state index is -0.0857. The van der Waals surface area contributed by atoms with E-state index in [-0.39, 0.29) is 42.1 Å². The van der Waals surface area contributed by atoms with Crippen molar-refractivity contribution in [1.29, 1.82) is 0 Å². The van der Waals surface area contributed by atoms with Crippen LogP contribution in [0.25, 0.3) is 0 Å². The van der Waals surface area contributed by atoms with Gasteiger partial charge in [0.05, 0.1) is 11.4 Å². The zero-order valence-corrected chi connectivity index (χ0v) is 15.0. The topological polar surface area (TPSA) is 54.0 Å². The van der Waals surface area contributed by atoms with Gasteiger partial charge in [0.25, 0.3) is 0 Å². The van der Waals surface area contributed by atoms with Crippen LogP contribution < -0.4 is 10.6 Å². The Hall–Kier alpha value is -0.140. The molecule has 21 heavy (non-hydrogen) atoms. The number of aromatic nitrogens is 1. The maximum Gasteiger partial charge on any atom is 0.238 e. The van der Waals surface area contributed by atoms with Crippen LogP contribution in [-0.4, -0.2) is 41.2 Å². The lowest BCUT2D eigenvalue weighted by atomic mass is 10.2. The van der Waals surface area contributed by atoms with Crippen molar-refractivity contribution in [2.45, 2.75) is 17.8 Å². The summed E-state index contributed by atoms with van der Waals surface area (Å²) < 4.78 is 0. The average Bonchev–Trinajstić information content (AvgIpc) is 2.94. The molecule has 0 radical (unpaired) electrons. The van der Waals surface area contributed by atoms with E-state index in [9.17, 15) is 4.79 Å². The fourth-order valence-electron chi connectivity index (χ4n) is 1.90. The monoisotopic (exact) mass is 369 g/mol. The Balaban J connectivity index is 0.00000200. The van der Waals surface area contributed by atoms with Gasteiger partial charge in [-0.05, 0) is 36.1 Å². The molecular formula is C13H21Cl2N3OS2. The molecule has 8 heteroatoms. The van der Waals surface area contributed by atoms with Gasteiger partial charge in [0.1, 0.15) is 0 Å². The second-order valence-electron chi connectivity index (χ2n) is 4.35. The molecule has 0 saturated carbocycles. The molecule has 0 bridgehead atoms. The predicted molar refractivity (Wildman–Crippen MR) is 96.9 cm³/mol. The first-order chi connectivity index (χ1) is 9.31. The molecule has 0 aliphatic carbocycles. The normalized spacial score (nSPS) is 20.2. The molecule has 1 fully saturated rings. The summed E-state index contributed by atoms with van der Waals surface area (Å²) >= 11 is 3.58. The minimum Gasteiger partial charge on any atom is -0.355 e. The number of halogens is 2. The summed E-state index contributed by atoms with van der Waals surface area (Å²) in [5, 5.41) is 6.56. The van der Waals surface area contributed by atoms with Crippen molar-refractivity contribution in [2.75, 3.05) is 24.3 Å². The number of carbonyl (C=O) groups is 1.